The van der Waals surface area contributed by atoms with E-state index in [1.54, 1.807) is 11.3 Å². The zero-order chi connectivity index (χ0) is 13.9. The number of aromatic nitrogens is 1. The molecule has 4 heteroatoms. The van der Waals surface area contributed by atoms with Gasteiger partial charge in [-0.3, -0.25) is 4.79 Å². The van der Waals surface area contributed by atoms with Crippen LogP contribution in [0.25, 0.3) is 0 Å². The molecule has 2 aliphatic rings. The second-order valence-electron chi connectivity index (χ2n) is 6.51. The lowest BCUT2D eigenvalue weighted by Gasteiger charge is -2.26. The Balaban J connectivity index is 1.79. The van der Waals surface area contributed by atoms with Crippen molar-refractivity contribution in [2.24, 2.45) is 11.3 Å². The van der Waals surface area contributed by atoms with Gasteiger partial charge >= 0.3 is 0 Å². The Morgan fingerprint density at radius 2 is 2.00 bits per heavy atom. The molecule has 0 spiro atoms. The van der Waals surface area contributed by atoms with Crippen LogP contribution in [-0.2, 0) is 4.79 Å². The molecule has 19 heavy (non-hydrogen) atoms. The third kappa shape index (κ3) is 1.92. The van der Waals surface area contributed by atoms with Crippen LogP contribution in [0.3, 0.4) is 0 Å². The van der Waals surface area contributed by atoms with Gasteiger partial charge in [-0.2, -0.15) is 0 Å². The number of fused-ring (bicyclic) bond motifs is 1. The van der Waals surface area contributed by atoms with Crippen molar-refractivity contribution in [3.05, 3.63) is 15.6 Å². The molecule has 3 rings (SSSR count). The molecule has 1 amide bonds. The van der Waals surface area contributed by atoms with E-state index in [2.05, 4.69) is 32.7 Å². The number of rotatable bonds is 4. The summed E-state index contributed by atoms with van der Waals surface area (Å²) in [6.07, 6.45) is 2.25. The lowest BCUT2D eigenvalue weighted by molar-refractivity contribution is -0.135. The molecular weight excluding hydrogens is 256 g/mol. The van der Waals surface area contributed by atoms with Crippen molar-refractivity contribution in [1.82, 2.24) is 9.88 Å². The Morgan fingerprint density at radius 3 is 2.42 bits per heavy atom. The van der Waals surface area contributed by atoms with E-state index in [4.69, 9.17) is 0 Å². The van der Waals surface area contributed by atoms with Crippen LogP contribution in [-0.4, -0.2) is 22.8 Å². The highest BCUT2D eigenvalue weighted by Crippen LogP contribution is 2.76. The molecule has 0 aromatic carbocycles. The number of nitrogens with zero attached hydrogens (tertiary/aromatic N) is 2. The molecule has 1 atom stereocenters. The number of amides is 1. The minimum absolute atomic E-state index is 0.0719. The Hall–Kier alpha value is -0.900. The summed E-state index contributed by atoms with van der Waals surface area (Å²) in [5.41, 5.74) is 1.16. The molecule has 1 heterocycles. The zero-order valence-electron chi connectivity index (χ0n) is 12.4. The quantitative estimate of drug-likeness (QED) is 0.844. The molecule has 1 unspecified atom stereocenters. The molecule has 104 valence electrons. The number of carbonyl (C=O) groups is 1. The summed E-state index contributed by atoms with van der Waals surface area (Å²) in [5, 5.41) is 1.18. The number of hydrogen-bond donors (Lipinski definition) is 0. The molecule has 0 radical (unpaired) electrons. The molecule has 2 fully saturated rings. The molecule has 0 bridgehead atoms. The van der Waals surface area contributed by atoms with Crippen molar-refractivity contribution in [3.8, 4) is 0 Å². The summed E-state index contributed by atoms with van der Waals surface area (Å²) in [7, 11) is 1.95. The van der Waals surface area contributed by atoms with Gasteiger partial charge in [0.15, 0.2) is 0 Å². The minimum Gasteiger partial charge on any atom is -0.338 e. The zero-order valence-corrected chi connectivity index (χ0v) is 13.2. The molecule has 0 saturated heterocycles. The third-order valence-corrected chi connectivity index (χ3v) is 6.36. The average molecular weight is 278 g/mol. The maximum Gasteiger partial charge on any atom is 0.229 e. The van der Waals surface area contributed by atoms with E-state index in [0.29, 0.717) is 17.7 Å². The topological polar surface area (TPSA) is 33.2 Å². The predicted octanol–water partition coefficient (Wildman–Crippen LogP) is 3.50. The summed E-state index contributed by atoms with van der Waals surface area (Å²) in [4.78, 5) is 20.3. The first kappa shape index (κ1) is 13.1. The molecule has 2 aliphatic carbocycles. The first-order valence-corrected chi connectivity index (χ1v) is 7.93. The van der Waals surface area contributed by atoms with Gasteiger partial charge in [0.2, 0.25) is 5.91 Å². The number of carbonyl (C=O) groups excluding carboxylic acids is 1. The smallest absolute Gasteiger partial charge is 0.229 e. The maximum absolute atomic E-state index is 12.4. The molecule has 2 saturated carbocycles. The van der Waals surface area contributed by atoms with E-state index in [1.807, 2.05) is 11.9 Å². The van der Waals surface area contributed by atoms with Crippen molar-refractivity contribution in [2.45, 2.75) is 52.5 Å². The van der Waals surface area contributed by atoms with E-state index in [-0.39, 0.29) is 11.5 Å². The van der Waals surface area contributed by atoms with Crippen molar-refractivity contribution < 1.29 is 4.79 Å². The van der Waals surface area contributed by atoms with Crippen molar-refractivity contribution >= 4 is 17.2 Å². The standard InChI is InChI=1S/C15H22N2OS/c1-8(2)13-16-9(3)12(19-13)10(4)17(5)14(18)15-6-11(15)7-15/h8,10-11H,6-7H2,1-5H3. The van der Waals surface area contributed by atoms with Crippen LogP contribution in [0.4, 0.5) is 0 Å². The van der Waals surface area contributed by atoms with Crippen LogP contribution in [0.15, 0.2) is 0 Å². The van der Waals surface area contributed by atoms with Gasteiger partial charge in [0.1, 0.15) is 0 Å². The van der Waals surface area contributed by atoms with E-state index in [0.717, 1.165) is 18.5 Å². The van der Waals surface area contributed by atoms with Gasteiger partial charge in [0, 0.05) is 17.8 Å². The van der Waals surface area contributed by atoms with Gasteiger partial charge in [-0.15, -0.1) is 11.3 Å². The third-order valence-electron chi connectivity index (χ3n) is 4.73. The number of aryl methyl sites for hydroxylation is 1. The van der Waals surface area contributed by atoms with E-state index in [9.17, 15) is 4.79 Å². The van der Waals surface area contributed by atoms with Crippen molar-refractivity contribution in [2.75, 3.05) is 7.05 Å². The Morgan fingerprint density at radius 1 is 1.42 bits per heavy atom. The predicted molar refractivity (Wildman–Crippen MR) is 77.3 cm³/mol. The Bertz CT molecular complexity index is 528. The van der Waals surface area contributed by atoms with Crippen LogP contribution in [0.5, 0.6) is 0 Å². The van der Waals surface area contributed by atoms with Crippen LogP contribution < -0.4 is 0 Å². The number of thiazole rings is 1. The summed E-state index contributed by atoms with van der Waals surface area (Å²) in [6, 6.07) is 0.147. The SMILES string of the molecule is Cc1nc(C(C)C)sc1C(C)N(C)C(=O)C12CC1C2. The second kappa shape index (κ2) is 4.05. The molecule has 1 aromatic heterocycles. The first-order valence-electron chi connectivity index (χ1n) is 7.11. The minimum atomic E-state index is 0.0719. The van der Waals surface area contributed by atoms with Gasteiger partial charge < -0.3 is 4.90 Å². The monoisotopic (exact) mass is 278 g/mol. The Kier molecular flexibility index (Phi) is 2.79. The van der Waals surface area contributed by atoms with Crippen LogP contribution >= 0.6 is 11.3 Å². The average Bonchev–Trinajstić information content (AvgIpc) is 3.17. The van der Waals surface area contributed by atoms with Crippen LogP contribution in [0, 0.1) is 18.3 Å². The largest absolute Gasteiger partial charge is 0.338 e. The van der Waals surface area contributed by atoms with E-state index < -0.39 is 0 Å². The fraction of sp³-hybridized carbons (Fsp3) is 0.733. The fourth-order valence-corrected chi connectivity index (χ4v) is 3.98. The molecule has 1 aromatic rings. The lowest BCUT2D eigenvalue weighted by Crippen LogP contribution is -2.33. The van der Waals surface area contributed by atoms with Gasteiger partial charge in [-0.1, -0.05) is 13.8 Å². The maximum atomic E-state index is 12.4. The Labute approximate surface area is 119 Å². The summed E-state index contributed by atoms with van der Waals surface area (Å²) < 4.78 is 0. The highest BCUT2D eigenvalue weighted by Gasteiger charge is 2.75. The van der Waals surface area contributed by atoms with Crippen LogP contribution in [0.2, 0.25) is 0 Å². The molecular formula is C15H22N2OS. The highest BCUT2D eigenvalue weighted by molar-refractivity contribution is 7.11. The van der Waals surface area contributed by atoms with Gasteiger partial charge in [-0.05, 0) is 32.6 Å². The van der Waals surface area contributed by atoms with Crippen molar-refractivity contribution in [1.29, 1.82) is 0 Å². The first-order chi connectivity index (χ1) is 8.86. The number of hydrogen-bond acceptors (Lipinski definition) is 3. The summed E-state index contributed by atoms with van der Waals surface area (Å²) in [5.74, 6) is 1.52. The van der Waals surface area contributed by atoms with E-state index in [1.165, 1.54) is 9.88 Å². The van der Waals surface area contributed by atoms with Gasteiger partial charge in [-0.25, -0.2) is 4.98 Å². The second-order valence-corrected chi connectivity index (χ2v) is 7.57. The van der Waals surface area contributed by atoms with Gasteiger partial charge in [0.25, 0.3) is 0 Å². The van der Waals surface area contributed by atoms with Gasteiger partial charge in [0.05, 0.1) is 22.2 Å². The molecule has 3 nitrogen and oxygen atoms in total. The van der Waals surface area contributed by atoms with Crippen molar-refractivity contribution in [3.63, 3.8) is 0 Å². The lowest BCUT2D eigenvalue weighted by atomic mass is 10.1. The van der Waals surface area contributed by atoms with E-state index >= 15 is 0 Å². The summed E-state index contributed by atoms with van der Waals surface area (Å²) in [6.45, 7) is 8.51. The summed E-state index contributed by atoms with van der Waals surface area (Å²) >= 11 is 1.76. The highest BCUT2D eigenvalue weighted by atomic mass is 32.1. The normalized spacial score (nSPS) is 29.1. The molecule has 0 N–H and O–H groups in total. The van der Waals surface area contributed by atoms with Crippen LogP contribution in [0.1, 0.15) is 61.2 Å². The fourth-order valence-electron chi connectivity index (χ4n) is 2.82. The molecule has 0 aliphatic heterocycles.